The molecule has 0 bridgehead atoms. The van der Waals surface area contributed by atoms with Crippen molar-refractivity contribution in [3.8, 4) is 23.0 Å². The van der Waals surface area contributed by atoms with Crippen LogP contribution in [-0.2, 0) is 4.79 Å². The summed E-state index contributed by atoms with van der Waals surface area (Å²) in [6.45, 7) is 0. The van der Waals surface area contributed by atoms with Gasteiger partial charge in [-0.2, -0.15) is 4.98 Å². The maximum Gasteiger partial charge on any atom is 0.258 e. The first kappa shape index (κ1) is 19.1. The number of carbonyl (C=O) groups excluding carboxylic acids is 1. The number of hydrogen-bond acceptors (Lipinski definition) is 7. The highest BCUT2D eigenvalue weighted by Crippen LogP contribution is 2.27. The molecule has 3 aromatic rings. The molecule has 1 amide bonds. The zero-order valence-corrected chi connectivity index (χ0v) is 16.1. The molecule has 0 aliphatic carbocycles. The number of hydrogen-bond donors (Lipinski definition) is 1. The third-order valence-electron chi connectivity index (χ3n) is 3.51. The van der Waals surface area contributed by atoms with E-state index >= 15 is 0 Å². The van der Waals surface area contributed by atoms with Crippen molar-refractivity contribution in [1.82, 2.24) is 10.1 Å². The lowest BCUT2D eigenvalue weighted by molar-refractivity contribution is -0.113. The van der Waals surface area contributed by atoms with Crippen molar-refractivity contribution in [3.63, 3.8) is 0 Å². The van der Waals surface area contributed by atoms with E-state index in [2.05, 4.69) is 15.5 Å². The molecule has 0 spiro atoms. The van der Waals surface area contributed by atoms with Gasteiger partial charge in [0.1, 0.15) is 11.5 Å². The lowest BCUT2D eigenvalue weighted by Crippen LogP contribution is -2.14. The summed E-state index contributed by atoms with van der Waals surface area (Å²) in [4.78, 5) is 16.4. The summed E-state index contributed by atoms with van der Waals surface area (Å²) >= 11 is 7.22. The van der Waals surface area contributed by atoms with Gasteiger partial charge in [-0.25, -0.2) is 0 Å². The number of nitrogens with one attached hydrogen (secondary N) is 1. The second kappa shape index (κ2) is 8.79. The molecule has 1 aromatic heterocycles. The minimum absolute atomic E-state index is 0.130. The molecule has 0 aliphatic heterocycles. The quantitative estimate of drug-likeness (QED) is 0.591. The number of benzene rings is 2. The molecule has 0 saturated carbocycles. The van der Waals surface area contributed by atoms with Gasteiger partial charge >= 0.3 is 0 Å². The van der Waals surface area contributed by atoms with Crippen LogP contribution in [0.25, 0.3) is 11.5 Å². The Morgan fingerprint density at radius 3 is 2.63 bits per heavy atom. The Balaban J connectivity index is 1.56. The summed E-state index contributed by atoms with van der Waals surface area (Å²) in [5.74, 6) is 1.58. The SMILES string of the molecule is COc1ccc(-c2nc(SCC(=O)Nc3ccc(OC)c(Cl)c3)no2)cc1. The van der Waals surface area contributed by atoms with Crippen molar-refractivity contribution in [2.75, 3.05) is 25.3 Å². The molecular formula is C18H16ClN3O4S. The molecule has 0 fully saturated rings. The van der Waals surface area contributed by atoms with Gasteiger partial charge in [-0.3, -0.25) is 4.79 Å². The highest BCUT2D eigenvalue weighted by Gasteiger charge is 2.12. The Hall–Kier alpha value is -2.71. The Morgan fingerprint density at radius 1 is 1.19 bits per heavy atom. The van der Waals surface area contributed by atoms with E-state index in [-0.39, 0.29) is 11.7 Å². The van der Waals surface area contributed by atoms with E-state index in [0.29, 0.717) is 27.5 Å². The molecule has 27 heavy (non-hydrogen) atoms. The van der Waals surface area contributed by atoms with Crippen molar-refractivity contribution in [2.24, 2.45) is 0 Å². The molecule has 0 unspecified atom stereocenters. The van der Waals surface area contributed by atoms with Gasteiger partial charge in [-0.05, 0) is 47.6 Å². The number of aromatic nitrogens is 2. The molecule has 0 saturated heterocycles. The summed E-state index contributed by atoms with van der Waals surface area (Å²) in [7, 11) is 3.13. The Bertz CT molecular complexity index is 931. The topological polar surface area (TPSA) is 86.5 Å². The third kappa shape index (κ3) is 4.93. The van der Waals surface area contributed by atoms with Gasteiger partial charge < -0.3 is 19.3 Å². The molecule has 140 valence electrons. The molecule has 7 nitrogen and oxygen atoms in total. The van der Waals surface area contributed by atoms with Crippen molar-refractivity contribution < 1.29 is 18.8 Å². The first-order valence-corrected chi connectivity index (χ1v) is 9.19. The van der Waals surface area contributed by atoms with Crippen LogP contribution in [0.2, 0.25) is 5.02 Å². The third-order valence-corrected chi connectivity index (χ3v) is 4.64. The first-order chi connectivity index (χ1) is 13.1. The van der Waals surface area contributed by atoms with E-state index in [0.717, 1.165) is 11.3 Å². The fourth-order valence-corrected chi connectivity index (χ4v) is 3.02. The Morgan fingerprint density at radius 2 is 1.96 bits per heavy atom. The van der Waals surface area contributed by atoms with Gasteiger partial charge in [-0.15, -0.1) is 0 Å². The summed E-state index contributed by atoms with van der Waals surface area (Å²) in [6, 6.07) is 12.3. The monoisotopic (exact) mass is 405 g/mol. The van der Waals surface area contributed by atoms with Gasteiger partial charge in [-0.1, -0.05) is 23.4 Å². The Labute approximate surface area is 165 Å². The zero-order chi connectivity index (χ0) is 19.2. The van der Waals surface area contributed by atoms with Crippen molar-refractivity contribution in [2.45, 2.75) is 5.16 Å². The predicted molar refractivity (Wildman–Crippen MR) is 104 cm³/mol. The molecule has 1 heterocycles. The number of carbonyl (C=O) groups is 1. The van der Waals surface area contributed by atoms with Gasteiger partial charge in [0.25, 0.3) is 5.89 Å². The molecule has 0 aliphatic rings. The number of amides is 1. The normalized spacial score (nSPS) is 10.5. The number of nitrogens with zero attached hydrogens (tertiary/aromatic N) is 2. The second-order valence-corrected chi connectivity index (χ2v) is 6.65. The van der Waals surface area contributed by atoms with E-state index in [4.69, 9.17) is 25.6 Å². The molecule has 0 atom stereocenters. The smallest absolute Gasteiger partial charge is 0.258 e. The lowest BCUT2D eigenvalue weighted by Gasteiger charge is -2.07. The van der Waals surface area contributed by atoms with E-state index in [1.54, 1.807) is 37.4 Å². The van der Waals surface area contributed by atoms with Crippen LogP contribution in [0.15, 0.2) is 52.1 Å². The lowest BCUT2D eigenvalue weighted by atomic mass is 10.2. The molecule has 2 aromatic carbocycles. The average molecular weight is 406 g/mol. The molecular weight excluding hydrogens is 390 g/mol. The van der Waals surface area contributed by atoms with E-state index < -0.39 is 0 Å². The van der Waals surface area contributed by atoms with Crippen LogP contribution >= 0.6 is 23.4 Å². The maximum atomic E-state index is 12.1. The van der Waals surface area contributed by atoms with Crippen LogP contribution < -0.4 is 14.8 Å². The molecule has 0 radical (unpaired) electrons. The number of methoxy groups -OCH3 is 2. The highest BCUT2D eigenvalue weighted by molar-refractivity contribution is 7.99. The molecule has 1 N–H and O–H groups in total. The van der Waals surface area contributed by atoms with Crippen LogP contribution in [0.4, 0.5) is 5.69 Å². The van der Waals surface area contributed by atoms with Crippen LogP contribution in [-0.4, -0.2) is 36.0 Å². The zero-order valence-electron chi connectivity index (χ0n) is 14.6. The van der Waals surface area contributed by atoms with Crippen LogP contribution in [0.1, 0.15) is 0 Å². The largest absolute Gasteiger partial charge is 0.497 e. The van der Waals surface area contributed by atoms with Gasteiger partial charge in [0.05, 0.1) is 25.0 Å². The number of ether oxygens (including phenoxy) is 2. The van der Waals surface area contributed by atoms with Crippen molar-refractivity contribution >= 4 is 35.0 Å². The minimum Gasteiger partial charge on any atom is -0.497 e. The van der Waals surface area contributed by atoms with Crippen LogP contribution in [0.5, 0.6) is 11.5 Å². The summed E-state index contributed by atoms with van der Waals surface area (Å²) in [5.41, 5.74) is 1.35. The maximum absolute atomic E-state index is 12.1. The average Bonchev–Trinajstić information content (AvgIpc) is 3.16. The van der Waals surface area contributed by atoms with Crippen LogP contribution in [0.3, 0.4) is 0 Å². The van der Waals surface area contributed by atoms with Gasteiger partial charge in [0, 0.05) is 11.3 Å². The van der Waals surface area contributed by atoms with Gasteiger partial charge in [0.15, 0.2) is 0 Å². The molecule has 3 rings (SSSR count). The van der Waals surface area contributed by atoms with Crippen molar-refractivity contribution in [3.05, 3.63) is 47.5 Å². The number of anilines is 1. The molecule has 9 heteroatoms. The van der Waals surface area contributed by atoms with E-state index in [1.807, 2.05) is 12.1 Å². The van der Waals surface area contributed by atoms with E-state index in [1.165, 1.54) is 18.9 Å². The highest BCUT2D eigenvalue weighted by atomic mass is 35.5. The predicted octanol–water partition coefficient (Wildman–Crippen LogP) is 4.14. The standard InChI is InChI=1S/C18H16ClN3O4S/c1-24-13-6-3-11(4-7-13)17-21-18(22-26-17)27-10-16(23)20-12-5-8-15(25-2)14(19)9-12/h3-9H,10H2,1-2H3,(H,20,23). The fourth-order valence-electron chi connectivity index (χ4n) is 2.19. The number of rotatable bonds is 7. The number of thioether (sulfide) groups is 1. The number of halogens is 1. The Kier molecular flexibility index (Phi) is 6.20. The van der Waals surface area contributed by atoms with Crippen molar-refractivity contribution in [1.29, 1.82) is 0 Å². The minimum atomic E-state index is -0.211. The summed E-state index contributed by atoms with van der Waals surface area (Å²) in [6.07, 6.45) is 0. The van der Waals surface area contributed by atoms with Crippen LogP contribution in [0, 0.1) is 0 Å². The van der Waals surface area contributed by atoms with Gasteiger partial charge in [0.2, 0.25) is 11.1 Å². The van der Waals surface area contributed by atoms with E-state index in [9.17, 15) is 4.79 Å². The summed E-state index contributed by atoms with van der Waals surface area (Å²) < 4.78 is 15.4. The summed E-state index contributed by atoms with van der Waals surface area (Å²) in [5, 5.41) is 7.43. The second-order valence-electron chi connectivity index (χ2n) is 5.30. The first-order valence-electron chi connectivity index (χ1n) is 7.83. The fraction of sp³-hybridized carbons (Fsp3) is 0.167.